The van der Waals surface area contributed by atoms with Crippen LogP contribution in [0.2, 0.25) is 10.0 Å². The maximum Gasteiger partial charge on any atom is 0.193 e. The molecule has 4 rings (SSSR count). The zero-order valence-electron chi connectivity index (χ0n) is 18.2. The Kier molecular flexibility index (Phi) is 7.89. The quantitative estimate of drug-likeness (QED) is 0.466. The molecule has 172 valence electrons. The minimum atomic E-state index is -0.614. The molecule has 1 heterocycles. The van der Waals surface area contributed by atoms with Crippen LogP contribution in [0.4, 0.5) is 5.69 Å². The van der Waals surface area contributed by atoms with Crippen LogP contribution in [0.3, 0.4) is 0 Å². The minimum absolute atomic E-state index is 0.0274. The van der Waals surface area contributed by atoms with Gasteiger partial charge in [0, 0.05) is 48.9 Å². The standard InChI is InChI=1S/C26H26Cl2N2O3/c27-21-8-11-24(28)25(16-21)30-14-12-29(13-15-30)17-22(31)18-33-23-9-6-20(7-10-23)26(32)19-4-2-1-3-5-19/h1-11,16,22,31H,12-15,17-18H2/t22-/m1/s1. The maximum atomic E-state index is 12.5. The highest BCUT2D eigenvalue weighted by Crippen LogP contribution is 2.29. The molecule has 1 N–H and O–H groups in total. The number of rotatable bonds is 8. The third-order valence-corrected chi connectivity index (χ3v) is 6.24. The van der Waals surface area contributed by atoms with E-state index in [-0.39, 0.29) is 12.4 Å². The van der Waals surface area contributed by atoms with Gasteiger partial charge >= 0.3 is 0 Å². The van der Waals surface area contributed by atoms with E-state index in [0.29, 0.717) is 33.5 Å². The fraction of sp³-hybridized carbons (Fsp3) is 0.269. The van der Waals surface area contributed by atoms with Gasteiger partial charge < -0.3 is 14.7 Å². The average molecular weight is 485 g/mol. The van der Waals surface area contributed by atoms with E-state index in [1.165, 1.54) is 0 Å². The number of ketones is 1. The molecule has 1 aliphatic rings. The van der Waals surface area contributed by atoms with E-state index in [1.807, 2.05) is 30.3 Å². The van der Waals surface area contributed by atoms with Gasteiger partial charge in [-0.3, -0.25) is 9.69 Å². The number of anilines is 1. The molecule has 3 aromatic carbocycles. The van der Waals surface area contributed by atoms with Crippen molar-refractivity contribution in [3.63, 3.8) is 0 Å². The van der Waals surface area contributed by atoms with E-state index >= 15 is 0 Å². The third kappa shape index (κ3) is 6.27. The summed E-state index contributed by atoms with van der Waals surface area (Å²) < 4.78 is 5.74. The largest absolute Gasteiger partial charge is 0.491 e. The first-order chi connectivity index (χ1) is 16.0. The normalized spacial score (nSPS) is 15.3. The highest BCUT2D eigenvalue weighted by atomic mass is 35.5. The number of carbonyl (C=O) groups excluding carboxylic acids is 1. The molecule has 0 saturated carbocycles. The number of halogens is 2. The van der Waals surface area contributed by atoms with Crippen molar-refractivity contribution >= 4 is 34.7 Å². The maximum absolute atomic E-state index is 12.5. The number of aliphatic hydroxyl groups is 1. The smallest absolute Gasteiger partial charge is 0.193 e. The van der Waals surface area contributed by atoms with Crippen LogP contribution in [0, 0.1) is 0 Å². The lowest BCUT2D eigenvalue weighted by atomic mass is 10.0. The molecule has 0 bridgehead atoms. The highest BCUT2D eigenvalue weighted by Gasteiger charge is 2.21. The van der Waals surface area contributed by atoms with E-state index < -0.39 is 6.10 Å². The summed E-state index contributed by atoms with van der Waals surface area (Å²) in [5.74, 6) is 0.597. The van der Waals surface area contributed by atoms with Gasteiger partial charge in [-0.25, -0.2) is 0 Å². The summed E-state index contributed by atoms with van der Waals surface area (Å²) in [4.78, 5) is 16.9. The van der Waals surface area contributed by atoms with Crippen molar-refractivity contribution in [2.24, 2.45) is 0 Å². The van der Waals surface area contributed by atoms with Gasteiger partial charge in [0.05, 0.1) is 10.7 Å². The van der Waals surface area contributed by atoms with E-state index in [0.717, 1.165) is 31.9 Å². The van der Waals surface area contributed by atoms with Crippen molar-refractivity contribution in [3.05, 3.63) is 94.0 Å². The lowest BCUT2D eigenvalue weighted by Crippen LogP contribution is -2.49. The van der Waals surface area contributed by atoms with Crippen molar-refractivity contribution in [1.82, 2.24) is 4.90 Å². The predicted molar refractivity (Wildman–Crippen MR) is 133 cm³/mol. The molecule has 1 saturated heterocycles. The topological polar surface area (TPSA) is 53.0 Å². The molecule has 0 spiro atoms. The molecule has 1 atom stereocenters. The van der Waals surface area contributed by atoms with Gasteiger partial charge in [-0.15, -0.1) is 0 Å². The summed E-state index contributed by atoms with van der Waals surface area (Å²) in [5, 5.41) is 11.8. The fourth-order valence-corrected chi connectivity index (χ4v) is 4.30. The summed E-state index contributed by atoms with van der Waals surface area (Å²) in [6, 6.07) is 21.7. The highest BCUT2D eigenvalue weighted by molar-refractivity contribution is 6.35. The van der Waals surface area contributed by atoms with Gasteiger partial charge in [0.25, 0.3) is 0 Å². The molecule has 7 heteroatoms. The van der Waals surface area contributed by atoms with Crippen molar-refractivity contribution in [2.45, 2.75) is 6.10 Å². The zero-order chi connectivity index (χ0) is 23.2. The van der Waals surface area contributed by atoms with Crippen molar-refractivity contribution in [2.75, 3.05) is 44.2 Å². The number of nitrogens with zero attached hydrogens (tertiary/aromatic N) is 2. The lowest BCUT2D eigenvalue weighted by molar-refractivity contribution is 0.0663. The van der Waals surface area contributed by atoms with E-state index in [1.54, 1.807) is 42.5 Å². The predicted octanol–water partition coefficient (Wildman–Crippen LogP) is 4.79. The molecule has 5 nitrogen and oxygen atoms in total. The number of benzene rings is 3. The number of hydrogen-bond donors (Lipinski definition) is 1. The summed E-state index contributed by atoms with van der Waals surface area (Å²) in [6.45, 7) is 3.97. The molecular formula is C26H26Cl2N2O3. The Morgan fingerprint density at radius 2 is 1.58 bits per heavy atom. The van der Waals surface area contributed by atoms with Crippen LogP contribution < -0.4 is 9.64 Å². The van der Waals surface area contributed by atoms with Crippen LogP contribution in [0.25, 0.3) is 0 Å². The van der Waals surface area contributed by atoms with E-state index in [2.05, 4.69) is 9.80 Å². The molecule has 0 amide bonds. The van der Waals surface area contributed by atoms with Crippen molar-refractivity contribution < 1.29 is 14.6 Å². The first-order valence-electron chi connectivity index (χ1n) is 10.9. The molecule has 3 aromatic rings. The SMILES string of the molecule is O=C(c1ccccc1)c1ccc(OC[C@H](O)CN2CCN(c3cc(Cl)ccc3Cl)CC2)cc1. The average Bonchev–Trinajstić information content (AvgIpc) is 2.85. The van der Waals surface area contributed by atoms with Crippen molar-refractivity contribution in [3.8, 4) is 5.75 Å². The van der Waals surface area contributed by atoms with Crippen LogP contribution in [0.15, 0.2) is 72.8 Å². The Morgan fingerprint density at radius 1 is 0.909 bits per heavy atom. The zero-order valence-corrected chi connectivity index (χ0v) is 19.7. The number of β-amino-alcohol motifs (C(OH)–C–C–N with tert-alkyl or cyclic N) is 1. The van der Waals surface area contributed by atoms with Crippen molar-refractivity contribution in [1.29, 1.82) is 0 Å². The second-order valence-corrected chi connectivity index (χ2v) is 8.91. The fourth-order valence-electron chi connectivity index (χ4n) is 3.90. The first-order valence-corrected chi connectivity index (χ1v) is 11.7. The first kappa shape index (κ1) is 23.6. The van der Waals surface area contributed by atoms with Crippen LogP contribution in [-0.4, -0.2) is 61.2 Å². The number of piperazine rings is 1. The minimum Gasteiger partial charge on any atom is -0.491 e. The third-order valence-electron chi connectivity index (χ3n) is 5.68. The molecule has 0 radical (unpaired) electrons. The van der Waals surface area contributed by atoms with Crippen LogP contribution in [-0.2, 0) is 0 Å². The van der Waals surface area contributed by atoms with Gasteiger partial charge in [-0.1, -0.05) is 53.5 Å². The molecule has 0 unspecified atom stereocenters. The molecule has 1 aliphatic heterocycles. The van der Waals surface area contributed by atoms with Crippen LogP contribution in [0.1, 0.15) is 15.9 Å². The van der Waals surface area contributed by atoms with E-state index in [9.17, 15) is 9.90 Å². The molecule has 33 heavy (non-hydrogen) atoms. The number of aliphatic hydroxyl groups excluding tert-OH is 1. The second-order valence-electron chi connectivity index (χ2n) is 8.07. The molecule has 0 aromatic heterocycles. The summed E-state index contributed by atoms with van der Waals surface area (Å²) in [6.07, 6.45) is -0.614. The van der Waals surface area contributed by atoms with Gasteiger partial charge in [0.15, 0.2) is 5.78 Å². The molecule has 0 aliphatic carbocycles. The van der Waals surface area contributed by atoms with Gasteiger partial charge in [-0.2, -0.15) is 0 Å². The Morgan fingerprint density at radius 3 is 2.27 bits per heavy atom. The Balaban J connectivity index is 1.22. The summed E-state index contributed by atoms with van der Waals surface area (Å²) in [5.41, 5.74) is 2.20. The Labute approximate surface area is 204 Å². The number of carbonyl (C=O) groups is 1. The van der Waals surface area contributed by atoms with Crippen LogP contribution in [0.5, 0.6) is 5.75 Å². The Bertz CT molecular complexity index is 1070. The monoisotopic (exact) mass is 484 g/mol. The molecular weight excluding hydrogens is 459 g/mol. The lowest BCUT2D eigenvalue weighted by Gasteiger charge is -2.37. The van der Waals surface area contributed by atoms with Gasteiger partial charge in [0.2, 0.25) is 0 Å². The molecule has 1 fully saturated rings. The number of hydrogen-bond acceptors (Lipinski definition) is 5. The van der Waals surface area contributed by atoms with E-state index in [4.69, 9.17) is 27.9 Å². The summed E-state index contributed by atoms with van der Waals surface area (Å²) in [7, 11) is 0. The van der Waals surface area contributed by atoms with Gasteiger partial charge in [-0.05, 0) is 42.5 Å². The Hall–Kier alpha value is -2.57. The number of ether oxygens (including phenoxy) is 1. The summed E-state index contributed by atoms with van der Waals surface area (Å²) >= 11 is 12.4. The second kappa shape index (κ2) is 11.0. The van der Waals surface area contributed by atoms with Crippen LogP contribution >= 0.6 is 23.2 Å². The van der Waals surface area contributed by atoms with Gasteiger partial charge in [0.1, 0.15) is 18.5 Å².